The van der Waals surface area contributed by atoms with Gasteiger partial charge in [0.05, 0.1) is 10.8 Å². The van der Waals surface area contributed by atoms with Gasteiger partial charge in [-0.25, -0.2) is 8.42 Å². The van der Waals surface area contributed by atoms with E-state index in [2.05, 4.69) is 5.32 Å². The van der Waals surface area contributed by atoms with Gasteiger partial charge in [-0.3, -0.25) is 9.59 Å². The largest absolute Gasteiger partial charge is 0.481 e. The number of piperidine rings is 1. The molecule has 2 unspecified atom stereocenters. The average Bonchev–Trinajstić information content (AvgIpc) is 3.39. The Morgan fingerprint density at radius 2 is 1.92 bits per heavy atom. The average molecular weight is 366 g/mol. The van der Waals surface area contributed by atoms with Crippen molar-refractivity contribution in [1.82, 2.24) is 9.62 Å². The van der Waals surface area contributed by atoms with Gasteiger partial charge in [0.15, 0.2) is 0 Å². The number of amides is 1. The van der Waals surface area contributed by atoms with E-state index in [0.29, 0.717) is 18.4 Å². The molecular weight excluding hydrogens is 344 g/mol. The minimum atomic E-state index is -3.86. The summed E-state index contributed by atoms with van der Waals surface area (Å²) in [7, 11) is -3.86. The Balaban J connectivity index is 1.85. The summed E-state index contributed by atoms with van der Waals surface area (Å²) in [6, 6.07) is 5.84. The Kier molecular flexibility index (Phi) is 4.83. The molecule has 1 saturated heterocycles. The Labute approximate surface area is 147 Å². The molecule has 8 heteroatoms. The monoisotopic (exact) mass is 366 g/mol. The predicted molar refractivity (Wildman–Crippen MR) is 90.6 cm³/mol. The molecule has 0 spiro atoms. The van der Waals surface area contributed by atoms with E-state index in [-0.39, 0.29) is 29.4 Å². The number of benzene rings is 1. The summed E-state index contributed by atoms with van der Waals surface area (Å²) >= 11 is 0. The van der Waals surface area contributed by atoms with Crippen molar-refractivity contribution < 1.29 is 23.1 Å². The van der Waals surface area contributed by atoms with E-state index in [0.717, 1.165) is 12.8 Å². The van der Waals surface area contributed by atoms with E-state index in [9.17, 15) is 23.1 Å². The van der Waals surface area contributed by atoms with Crippen LogP contribution in [0.3, 0.4) is 0 Å². The lowest BCUT2D eigenvalue weighted by atomic mass is 9.96. The zero-order valence-electron chi connectivity index (χ0n) is 14.0. The third-order valence-corrected chi connectivity index (χ3v) is 6.77. The van der Waals surface area contributed by atoms with E-state index < -0.39 is 21.9 Å². The number of rotatable bonds is 5. The molecule has 2 N–H and O–H groups in total. The minimum absolute atomic E-state index is 0.0221. The number of carbonyl (C=O) groups is 2. The van der Waals surface area contributed by atoms with Crippen LogP contribution >= 0.6 is 0 Å². The van der Waals surface area contributed by atoms with Gasteiger partial charge in [-0.2, -0.15) is 4.31 Å². The fourth-order valence-corrected chi connectivity index (χ4v) is 4.79. The summed E-state index contributed by atoms with van der Waals surface area (Å²) in [4.78, 5) is 23.4. The molecule has 0 bridgehead atoms. The molecule has 1 aliphatic carbocycles. The highest BCUT2D eigenvalue weighted by atomic mass is 32.2. The molecule has 0 aromatic heterocycles. The zero-order valence-corrected chi connectivity index (χ0v) is 14.8. The van der Waals surface area contributed by atoms with Crippen LogP contribution in [0.2, 0.25) is 0 Å². The van der Waals surface area contributed by atoms with E-state index in [1.807, 2.05) is 0 Å². The van der Waals surface area contributed by atoms with Gasteiger partial charge in [-0.15, -0.1) is 0 Å². The number of carboxylic acid groups (broad SMARTS) is 1. The summed E-state index contributed by atoms with van der Waals surface area (Å²) in [6.07, 6.45) is 2.86. The Morgan fingerprint density at radius 1 is 1.20 bits per heavy atom. The lowest BCUT2D eigenvalue weighted by Gasteiger charge is -2.35. The van der Waals surface area contributed by atoms with Crippen molar-refractivity contribution in [2.45, 2.75) is 49.6 Å². The van der Waals surface area contributed by atoms with Crippen molar-refractivity contribution in [3.8, 4) is 0 Å². The second-order valence-electron chi connectivity index (χ2n) is 6.81. The van der Waals surface area contributed by atoms with E-state index >= 15 is 0 Å². The van der Waals surface area contributed by atoms with Gasteiger partial charge < -0.3 is 10.4 Å². The van der Waals surface area contributed by atoms with Gasteiger partial charge in [0.1, 0.15) is 0 Å². The summed E-state index contributed by atoms with van der Waals surface area (Å²) < 4.78 is 27.2. The first kappa shape index (κ1) is 17.9. The molecule has 1 aliphatic heterocycles. The zero-order chi connectivity index (χ0) is 18.2. The van der Waals surface area contributed by atoms with Crippen LogP contribution in [0.15, 0.2) is 29.2 Å². The van der Waals surface area contributed by atoms with Crippen LogP contribution in [0, 0.1) is 5.92 Å². The molecule has 2 fully saturated rings. The minimum Gasteiger partial charge on any atom is -0.481 e. The van der Waals surface area contributed by atoms with Crippen molar-refractivity contribution in [2.75, 3.05) is 6.54 Å². The third-order valence-electron chi connectivity index (χ3n) is 4.79. The molecule has 3 rings (SSSR count). The van der Waals surface area contributed by atoms with Crippen LogP contribution in [0.4, 0.5) is 0 Å². The Bertz CT molecular complexity index is 788. The standard InChI is InChI=1S/C17H22N2O5S/c1-11-5-6-13(17(21)22)10-19(11)25(23,24)15-4-2-3-12(9-15)16(20)18-14-7-8-14/h2-4,9,11,13-14H,5-8,10H2,1H3,(H,18,20)(H,21,22). The number of sulfonamides is 1. The van der Waals surface area contributed by atoms with Crippen molar-refractivity contribution >= 4 is 21.9 Å². The van der Waals surface area contributed by atoms with E-state index in [4.69, 9.17) is 0 Å². The fraction of sp³-hybridized carbons (Fsp3) is 0.529. The third kappa shape index (κ3) is 3.85. The molecule has 1 amide bonds. The molecule has 1 aromatic rings. The number of hydrogen-bond donors (Lipinski definition) is 2. The molecule has 0 radical (unpaired) electrons. The van der Waals surface area contributed by atoms with Gasteiger partial charge in [0.25, 0.3) is 5.91 Å². The summed E-state index contributed by atoms with van der Waals surface area (Å²) in [5, 5.41) is 12.0. The van der Waals surface area contributed by atoms with Crippen LogP contribution < -0.4 is 5.32 Å². The molecule has 2 aliphatic rings. The molecule has 25 heavy (non-hydrogen) atoms. The Morgan fingerprint density at radius 3 is 2.56 bits per heavy atom. The van der Waals surface area contributed by atoms with Gasteiger partial charge >= 0.3 is 5.97 Å². The molecule has 2 atom stereocenters. The van der Waals surface area contributed by atoms with Crippen LogP contribution in [0.25, 0.3) is 0 Å². The van der Waals surface area contributed by atoms with E-state index in [1.54, 1.807) is 13.0 Å². The van der Waals surface area contributed by atoms with Crippen LogP contribution in [-0.2, 0) is 14.8 Å². The first-order chi connectivity index (χ1) is 11.8. The molecule has 1 aromatic carbocycles. The fourth-order valence-electron chi connectivity index (χ4n) is 3.04. The second kappa shape index (κ2) is 6.76. The number of carbonyl (C=O) groups excluding carboxylic acids is 1. The first-order valence-corrected chi connectivity index (χ1v) is 9.88. The van der Waals surface area contributed by atoms with Crippen molar-refractivity contribution in [3.05, 3.63) is 29.8 Å². The quantitative estimate of drug-likeness (QED) is 0.821. The maximum Gasteiger partial charge on any atom is 0.307 e. The highest BCUT2D eigenvalue weighted by molar-refractivity contribution is 7.89. The predicted octanol–water partition coefficient (Wildman–Crippen LogP) is 1.45. The van der Waals surface area contributed by atoms with Crippen LogP contribution in [0.1, 0.15) is 43.0 Å². The lowest BCUT2D eigenvalue weighted by molar-refractivity contribution is -0.143. The topological polar surface area (TPSA) is 104 Å². The highest BCUT2D eigenvalue weighted by Gasteiger charge is 2.37. The van der Waals surface area contributed by atoms with Crippen molar-refractivity contribution in [1.29, 1.82) is 0 Å². The molecule has 1 saturated carbocycles. The second-order valence-corrected chi connectivity index (χ2v) is 8.70. The molecule has 7 nitrogen and oxygen atoms in total. The molecule has 1 heterocycles. The normalized spacial score (nSPS) is 24.7. The van der Waals surface area contributed by atoms with Gasteiger partial charge in [-0.05, 0) is 50.8 Å². The summed E-state index contributed by atoms with van der Waals surface area (Å²) in [6.45, 7) is 1.73. The number of nitrogens with zero attached hydrogens (tertiary/aromatic N) is 1. The Hall–Kier alpha value is -1.93. The van der Waals surface area contributed by atoms with Crippen molar-refractivity contribution in [3.63, 3.8) is 0 Å². The number of aliphatic carboxylic acids is 1. The van der Waals surface area contributed by atoms with Crippen molar-refractivity contribution in [2.24, 2.45) is 5.92 Å². The summed E-state index contributed by atoms with van der Waals surface area (Å²) in [5.41, 5.74) is 0.299. The van der Waals surface area contributed by atoms with Gasteiger partial charge in [0.2, 0.25) is 10.0 Å². The molecule has 136 valence electrons. The SMILES string of the molecule is CC1CCC(C(=O)O)CN1S(=O)(=O)c1cccc(C(=O)NC2CC2)c1. The maximum absolute atomic E-state index is 13.0. The number of nitrogens with one attached hydrogen (secondary N) is 1. The maximum atomic E-state index is 13.0. The molecular formula is C17H22N2O5S. The number of carboxylic acids is 1. The lowest BCUT2D eigenvalue weighted by Crippen LogP contribution is -2.47. The van der Waals surface area contributed by atoms with Gasteiger partial charge in [0, 0.05) is 24.2 Å². The highest BCUT2D eigenvalue weighted by Crippen LogP contribution is 2.29. The van der Waals surface area contributed by atoms with Crippen LogP contribution in [-0.4, -0.2) is 48.3 Å². The van der Waals surface area contributed by atoms with Gasteiger partial charge in [-0.1, -0.05) is 6.07 Å². The number of hydrogen-bond acceptors (Lipinski definition) is 4. The van der Waals surface area contributed by atoms with Crippen LogP contribution in [0.5, 0.6) is 0 Å². The summed E-state index contributed by atoms with van der Waals surface area (Å²) in [5.74, 6) is -1.97. The van der Waals surface area contributed by atoms with E-state index in [1.165, 1.54) is 22.5 Å². The first-order valence-electron chi connectivity index (χ1n) is 8.44. The smallest absolute Gasteiger partial charge is 0.307 e.